The van der Waals surface area contributed by atoms with Gasteiger partial charge in [0, 0.05) is 0 Å². The molecule has 1 fully saturated rings. The molecule has 5 nitrogen and oxygen atoms in total. The number of epoxide rings is 1. The third-order valence-electron chi connectivity index (χ3n) is 4.51. The molecule has 0 bridgehead atoms. The summed E-state index contributed by atoms with van der Waals surface area (Å²) >= 11 is 0. The van der Waals surface area contributed by atoms with Crippen molar-refractivity contribution in [1.29, 1.82) is 0 Å². The van der Waals surface area contributed by atoms with Gasteiger partial charge in [-0.05, 0) is 42.8 Å². The van der Waals surface area contributed by atoms with Crippen molar-refractivity contribution in [2.75, 3.05) is 17.5 Å². The predicted molar refractivity (Wildman–Crippen MR) is 109 cm³/mol. The molecule has 0 saturated carbocycles. The van der Waals surface area contributed by atoms with Crippen molar-refractivity contribution in [2.24, 2.45) is 0 Å². The van der Waals surface area contributed by atoms with Crippen molar-refractivity contribution >= 4 is 21.4 Å². The van der Waals surface area contributed by atoms with Crippen LogP contribution < -0.4 is 9.04 Å². The SMILES string of the molecule is Cc1ccccc1S(=O)(=O)N(c1ccccc1)c1ccccc1OCC1CO1. The molecule has 0 amide bonds. The van der Waals surface area contributed by atoms with Gasteiger partial charge >= 0.3 is 0 Å². The van der Waals surface area contributed by atoms with Crippen LogP contribution in [0.2, 0.25) is 0 Å². The number of rotatable bonds is 7. The minimum atomic E-state index is -3.86. The number of hydrogen-bond donors (Lipinski definition) is 0. The van der Waals surface area contributed by atoms with Crippen LogP contribution in [-0.2, 0) is 14.8 Å². The molecule has 0 N–H and O–H groups in total. The summed E-state index contributed by atoms with van der Waals surface area (Å²) in [6.45, 7) is 2.86. The Balaban J connectivity index is 1.85. The minimum Gasteiger partial charge on any atom is -0.489 e. The zero-order valence-corrected chi connectivity index (χ0v) is 16.3. The van der Waals surface area contributed by atoms with Gasteiger partial charge in [0.15, 0.2) is 0 Å². The van der Waals surface area contributed by atoms with E-state index < -0.39 is 10.0 Å². The Morgan fingerprint density at radius 2 is 1.61 bits per heavy atom. The van der Waals surface area contributed by atoms with Gasteiger partial charge in [-0.3, -0.25) is 0 Å². The van der Waals surface area contributed by atoms with Crippen molar-refractivity contribution in [3.05, 3.63) is 84.4 Å². The van der Waals surface area contributed by atoms with Gasteiger partial charge < -0.3 is 9.47 Å². The summed E-state index contributed by atoms with van der Waals surface area (Å²) in [7, 11) is -3.86. The van der Waals surface area contributed by atoms with E-state index in [1.54, 1.807) is 55.5 Å². The van der Waals surface area contributed by atoms with Gasteiger partial charge in [-0.2, -0.15) is 0 Å². The molecule has 1 saturated heterocycles. The van der Waals surface area contributed by atoms with E-state index in [0.717, 1.165) is 0 Å². The first-order chi connectivity index (χ1) is 13.6. The Morgan fingerprint density at radius 1 is 0.964 bits per heavy atom. The van der Waals surface area contributed by atoms with Gasteiger partial charge in [-0.15, -0.1) is 0 Å². The first kappa shape index (κ1) is 18.5. The van der Waals surface area contributed by atoms with Gasteiger partial charge in [-0.1, -0.05) is 48.5 Å². The standard InChI is InChI=1S/C22H21NO4S/c1-17-9-5-8-14-22(17)28(24,25)23(18-10-3-2-4-11-18)20-12-6-7-13-21(20)27-16-19-15-26-19/h2-14,19H,15-16H2,1H3. The minimum absolute atomic E-state index is 0.0752. The first-order valence-corrected chi connectivity index (χ1v) is 10.5. The Kier molecular flexibility index (Phi) is 5.07. The molecule has 1 aliphatic rings. The Hall–Kier alpha value is -2.83. The second-order valence-corrected chi connectivity index (χ2v) is 8.36. The normalized spacial score (nSPS) is 15.8. The maximum absolute atomic E-state index is 13.7. The maximum atomic E-state index is 13.7. The topological polar surface area (TPSA) is 59.1 Å². The first-order valence-electron chi connectivity index (χ1n) is 9.07. The van der Waals surface area contributed by atoms with E-state index in [2.05, 4.69) is 0 Å². The second kappa shape index (κ2) is 7.66. The van der Waals surface area contributed by atoms with Gasteiger partial charge in [0.05, 0.1) is 22.9 Å². The molecule has 1 atom stereocenters. The van der Waals surface area contributed by atoms with Gasteiger partial charge in [0.25, 0.3) is 10.0 Å². The van der Waals surface area contributed by atoms with Gasteiger partial charge in [0.2, 0.25) is 0 Å². The highest BCUT2D eigenvalue weighted by Gasteiger charge is 2.31. The lowest BCUT2D eigenvalue weighted by atomic mass is 10.2. The Labute approximate surface area is 165 Å². The van der Waals surface area contributed by atoms with Crippen LogP contribution in [0.4, 0.5) is 11.4 Å². The molecule has 4 rings (SSSR count). The average Bonchev–Trinajstić information content (AvgIpc) is 3.53. The molecule has 0 spiro atoms. The molecule has 1 unspecified atom stereocenters. The number of hydrogen-bond acceptors (Lipinski definition) is 4. The molecule has 28 heavy (non-hydrogen) atoms. The summed E-state index contributed by atoms with van der Waals surface area (Å²) in [4.78, 5) is 0.263. The van der Waals surface area contributed by atoms with Crippen LogP contribution in [0.3, 0.4) is 0 Å². The number of sulfonamides is 1. The molecule has 6 heteroatoms. The number of aryl methyl sites for hydroxylation is 1. The second-order valence-electron chi connectivity index (χ2n) is 6.60. The van der Waals surface area contributed by atoms with E-state index >= 15 is 0 Å². The van der Waals surface area contributed by atoms with E-state index in [-0.39, 0.29) is 11.0 Å². The molecule has 3 aromatic rings. The highest BCUT2D eigenvalue weighted by Crippen LogP contribution is 2.39. The lowest BCUT2D eigenvalue weighted by molar-refractivity contribution is 0.264. The lowest BCUT2D eigenvalue weighted by Crippen LogP contribution is -2.27. The Bertz CT molecular complexity index is 1060. The molecule has 1 aliphatic heterocycles. The third kappa shape index (κ3) is 3.74. The third-order valence-corrected chi connectivity index (χ3v) is 6.42. The summed E-state index contributed by atoms with van der Waals surface area (Å²) in [5.74, 6) is 0.499. The summed E-state index contributed by atoms with van der Waals surface area (Å²) < 4.78 is 39.9. The largest absolute Gasteiger partial charge is 0.489 e. The summed E-state index contributed by atoms with van der Waals surface area (Å²) in [6.07, 6.45) is 0.0752. The van der Waals surface area contributed by atoms with Crippen LogP contribution in [0.15, 0.2) is 83.8 Å². The van der Waals surface area contributed by atoms with Crippen LogP contribution in [0.1, 0.15) is 5.56 Å². The van der Waals surface area contributed by atoms with Crippen molar-refractivity contribution in [1.82, 2.24) is 0 Å². The quantitative estimate of drug-likeness (QED) is 0.560. The van der Waals surface area contributed by atoms with Crippen LogP contribution >= 0.6 is 0 Å². The predicted octanol–water partition coefficient (Wildman–Crippen LogP) is 4.30. The van der Waals surface area contributed by atoms with E-state index in [1.807, 2.05) is 30.3 Å². The average molecular weight is 395 g/mol. The van der Waals surface area contributed by atoms with E-state index in [1.165, 1.54) is 4.31 Å². The number of nitrogens with zero attached hydrogens (tertiary/aromatic N) is 1. The molecule has 0 aromatic heterocycles. The van der Waals surface area contributed by atoms with E-state index in [4.69, 9.17) is 9.47 Å². The number of benzene rings is 3. The van der Waals surface area contributed by atoms with Crippen LogP contribution in [0, 0.1) is 6.92 Å². The maximum Gasteiger partial charge on any atom is 0.269 e. The molecule has 0 aliphatic carbocycles. The summed E-state index contributed by atoms with van der Waals surface area (Å²) in [5.41, 5.74) is 1.70. The number of para-hydroxylation sites is 3. The van der Waals surface area contributed by atoms with Crippen molar-refractivity contribution in [3.8, 4) is 5.75 Å². The summed E-state index contributed by atoms with van der Waals surface area (Å²) in [5, 5.41) is 0. The highest BCUT2D eigenvalue weighted by molar-refractivity contribution is 7.93. The summed E-state index contributed by atoms with van der Waals surface area (Å²) in [6, 6.07) is 23.2. The lowest BCUT2D eigenvalue weighted by Gasteiger charge is -2.27. The van der Waals surface area contributed by atoms with Crippen LogP contribution in [-0.4, -0.2) is 27.7 Å². The molecular formula is C22H21NO4S. The van der Waals surface area contributed by atoms with Crippen LogP contribution in [0.25, 0.3) is 0 Å². The number of ether oxygens (including phenoxy) is 2. The smallest absolute Gasteiger partial charge is 0.269 e. The molecule has 1 heterocycles. The molecular weight excluding hydrogens is 374 g/mol. The molecule has 3 aromatic carbocycles. The zero-order valence-electron chi connectivity index (χ0n) is 15.5. The highest BCUT2D eigenvalue weighted by atomic mass is 32.2. The number of anilines is 2. The van der Waals surface area contributed by atoms with Crippen molar-refractivity contribution in [2.45, 2.75) is 17.9 Å². The van der Waals surface area contributed by atoms with Crippen molar-refractivity contribution < 1.29 is 17.9 Å². The van der Waals surface area contributed by atoms with Crippen LogP contribution in [0.5, 0.6) is 5.75 Å². The van der Waals surface area contributed by atoms with E-state index in [9.17, 15) is 8.42 Å². The fourth-order valence-electron chi connectivity index (χ4n) is 3.01. The fraction of sp³-hybridized carbons (Fsp3) is 0.182. The van der Waals surface area contributed by atoms with Gasteiger partial charge in [-0.25, -0.2) is 12.7 Å². The van der Waals surface area contributed by atoms with E-state index in [0.29, 0.717) is 35.9 Å². The monoisotopic (exact) mass is 395 g/mol. The fourth-order valence-corrected chi connectivity index (χ4v) is 4.74. The van der Waals surface area contributed by atoms with Crippen molar-refractivity contribution in [3.63, 3.8) is 0 Å². The Morgan fingerprint density at radius 3 is 2.32 bits per heavy atom. The molecule has 0 radical (unpaired) electrons. The molecule has 144 valence electrons. The van der Waals surface area contributed by atoms with Gasteiger partial charge in [0.1, 0.15) is 18.5 Å². The zero-order chi connectivity index (χ0) is 19.6.